The van der Waals surface area contributed by atoms with Crippen molar-refractivity contribution in [3.05, 3.63) is 18.1 Å². The summed E-state index contributed by atoms with van der Waals surface area (Å²) in [5.74, 6) is 1.00. The molecule has 25 heavy (non-hydrogen) atoms. The van der Waals surface area contributed by atoms with Crippen LogP contribution in [0.25, 0.3) is 11.0 Å². The molecule has 2 aromatic rings. The summed E-state index contributed by atoms with van der Waals surface area (Å²) >= 11 is 0. The molecule has 2 aromatic heterocycles. The molecule has 3 heterocycles. The van der Waals surface area contributed by atoms with E-state index >= 15 is 0 Å². The van der Waals surface area contributed by atoms with Crippen LogP contribution in [0.3, 0.4) is 0 Å². The van der Waals surface area contributed by atoms with E-state index in [9.17, 15) is 10.1 Å². The molecule has 2 aliphatic carbocycles. The number of hydrogen-bond donors (Lipinski definition) is 1. The first-order valence-corrected chi connectivity index (χ1v) is 8.86. The molecule has 0 bridgehead atoms. The number of anilines is 1. The Kier molecular flexibility index (Phi) is 2.77. The van der Waals surface area contributed by atoms with Crippen LogP contribution in [-0.4, -0.2) is 50.9 Å². The number of rotatable bonds is 2. The van der Waals surface area contributed by atoms with Gasteiger partial charge < -0.3 is 14.8 Å². The number of carbonyl (C=O) groups is 1. The van der Waals surface area contributed by atoms with Crippen molar-refractivity contribution in [2.75, 3.05) is 24.5 Å². The summed E-state index contributed by atoms with van der Waals surface area (Å²) in [6.45, 7) is 4.25. The Labute approximate surface area is 145 Å². The first-order chi connectivity index (χ1) is 12.1. The Hall–Kier alpha value is -2.62. The van der Waals surface area contributed by atoms with Crippen LogP contribution in [-0.2, 0) is 4.79 Å². The number of H-pyrrole nitrogens is 1. The number of aryl methyl sites for hydroxylation is 1. The van der Waals surface area contributed by atoms with Gasteiger partial charge >= 0.3 is 0 Å². The summed E-state index contributed by atoms with van der Waals surface area (Å²) in [4.78, 5) is 29.2. The van der Waals surface area contributed by atoms with Crippen LogP contribution in [0.2, 0.25) is 0 Å². The van der Waals surface area contributed by atoms with Crippen LogP contribution in [0.15, 0.2) is 12.5 Å². The van der Waals surface area contributed by atoms with E-state index in [4.69, 9.17) is 0 Å². The lowest BCUT2D eigenvalue weighted by atomic mass is 10.0. The lowest BCUT2D eigenvalue weighted by Crippen LogP contribution is -2.58. The molecule has 0 radical (unpaired) electrons. The predicted molar refractivity (Wildman–Crippen MR) is 91.8 cm³/mol. The summed E-state index contributed by atoms with van der Waals surface area (Å²) in [5.41, 5.74) is 1.16. The second-order valence-electron chi connectivity index (χ2n) is 7.69. The van der Waals surface area contributed by atoms with Crippen molar-refractivity contribution in [3.8, 4) is 6.07 Å². The van der Waals surface area contributed by atoms with E-state index in [1.54, 1.807) is 6.33 Å². The molecular weight excluding hydrogens is 316 g/mol. The number of piperazine rings is 1. The normalized spacial score (nSPS) is 22.9. The first-order valence-electron chi connectivity index (χ1n) is 8.86. The van der Waals surface area contributed by atoms with Crippen LogP contribution >= 0.6 is 0 Å². The van der Waals surface area contributed by atoms with Crippen LogP contribution in [0.5, 0.6) is 0 Å². The number of nitriles is 1. The van der Waals surface area contributed by atoms with E-state index in [2.05, 4.69) is 32.8 Å². The highest BCUT2D eigenvalue weighted by atomic mass is 16.2. The van der Waals surface area contributed by atoms with Gasteiger partial charge in [-0.25, -0.2) is 9.97 Å². The van der Waals surface area contributed by atoms with Crippen molar-refractivity contribution >= 4 is 22.8 Å². The van der Waals surface area contributed by atoms with Gasteiger partial charge in [-0.1, -0.05) is 0 Å². The maximum Gasteiger partial charge on any atom is 0.243 e. The summed E-state index contributed by atoms with van der Waals surface area (Å²) < 4.78 is 0. The number of hydrogen-bond acceptors (Lipinski definition) is 5. The molecule has 3 fully saturated rings. The van der Waals surface area contributed by atoms with Crippen LogP contribution < -0.4 is 4.90 Å². The maximum absolute atomic E-state index is 12.9. The minimum Gasteiger partial charge on any atom is -0.352 e. The smallest absolute Gasteiger partial charge is 0.243 e. The average Bonchev–Trinajstić information content (AvgIpc) is 3.55. The first kappa shape index (κ1) is 14.7. The van der Waals surface area contributed by atoms with Crippen LogP contribution in [0.4, 0.5) is 5.82 Å². The van der Waals surface area contributed by atoms with Crippen molar-refractivity contribution < 1.29 is 4.79 Å². The van der Waals surface area contributed by atoms with Crippen molar-refractivity contribution in [2.45, 2.75) is 38.1 Å². The molecule has 1 N–H and O–H groups in total. The second-order valence-corrected chi connectivity index (χ2v) is 7.69. The topological polar surface area (TPSA) is 88.9 Å². The standard InChI is InChI=1S/C18H20N6O/c1-12-8-20-14-13(12)15(22-11-21-14)23-6-7-24(18(10-23)4-5-18)16(25)17(9-19)2-3-17/h8,11H,2-7,10H2,1H3,(H,20,21,22). The summed E-state index contributed by atoms with van der Waals surface area (Å²) in [6, 6.07) is 2.26. The van der Waals surface area contributed by atoms with Crippen molar-refractivity contribution in [2.24, 2.45) is 5.41 Å². The van der Waals surface area contributed by atoms with Crippen molar-refractivity contribution in [1.29, 1.82) is 5.26 Å². The lowest BCUT2D eigenvalue weighted by molar-refractivity contribution is -0.138. The molecule has 1 saturated heterocycles. The molecule has 7 heteroatoms. The Balaban J connectivity index is 1.46. The molecule has 0 aromatic carbocycles. The fourth-order valence-corrected chi connectivity index (χ4v) is 4.14. The van der Waals surface area contributed by atoms with E-state index in [1.165, 1.54) is 0 Å². The van der Waals surface area contributed by atoms with E-state index in [0.29, 0.717) is 19.4 Å². The van der Waals surface area contributed by atoms with Gasteiger partial charge in [-0.05, 0) is 38.2 Å². The monoisotopic (exact) mass is 336 g/mol. The Morgan fingerprint density at radius 1 is 1.28 bits per heavy atom. The molecular formula is C18H20N6O. The van der Waals surface area contributed by atoms with Crippen molar-refractivity contribution in [3.63, 3.8) is 0 Å². The fraction of sp³-hybridized carbons (Fsp3) is 0.556. The Morgan fingerprint density at radius 3 is 2.76 bits per heavy atom. The summed E-state index contributed by atoms with van der Waals surface area (Å²) in [5, 5.41) is 10.4. The summed E-state index contributed by atoms with van der Waals surface area (Å²) in [7, 11) is 0. The lowest BCUT2D eigenvalue weighted by Gasteiger charge is -2.43. The van der Waals surface area contributed by atoms with Gasteiger partial charge in [0.25, 0.3) is 0 Å². The highest BCUT2D eigenvalue weighted by Gasteiger charge is 2.60. The summed E-state index contributed by atoms with van der Waals surface area (Å²) in [6.07, 6.45) is 7.01. The van der Waals surface area contributed by atoms with Gasteiger partial charge in [0.1, 0.15) is 23.2 Å². The molecule has 5 rings (SSSR count). The third-order valence-electron chi connectivity index (χ3n) is 6.04. The quantitative estimate of drug-likeness (QED) is 0.902. The van der Waals surface area contributed by atoms with E-state index in [0.717, 1.165) is 48.3 Å². The zero-order chi connectivity index (χ0) is 17.2. The molecule has 0 unspecified atom stereocenters. The SMILES string of the molecule is Cc1c[nH]c2ncnc(N3CCN(C(=O)C4(C#N)CC4)C4(CC4)C3)c12. The van der Waals surface area contributed by atoms with E-state index in [-0.39, 0.29) is 11.4 Å². The Bertz CT molecular complexity index is 917. The second kappa shape index (κ2) is 4.72. The van der Waals surface area contributed by atoms with Crippen LogP contribution in [0, 0.1) is 23.7 Å². The largest absolute Gasteiger partial charge is 0.352 e. The zero-order valence-electron chi connectivity index (χ0n) is 14.2. The molecule has 3 aliphatic rings. The van der Waals surface area contributed by atoms with Gasteiger partial charge in [0.15, 0.2) is 0 Å². The minimum atomic E-state index is -0.725. The van der Waals surface area contributed by atoms with Crippen LogP contribution in [0.1, 0.15) is 31.2 Å². The molecule has 7 nitrogen and oxygen atoms in total. The van der Waals surface area contributed by atoms with Crippen molar-refractivity contribution in [1.82, 2.24) is 19.9 Å². The average molecular weight is 336 g/mol. The third-order valence-corrected chi connectivity index (χ3v) is 6.04. The number of aromatic amines is 1. The molecule has 1 aliphatic heterocycles. The number of nitrogens with one attached hydrogen (secondary N) is 1. The van der Waals surface area contributed by atoms with E-state index < -0.39 is 5.41 Å². The number of carbonyl (C=O) groups excluding carboxylic acids is 1. The number of nitrogens with zero attached hydrogens (tertiary/aromatic N) is 5. The highest BCUT2D eigenvalue weighted by Crippen LogP contribution is 2.52. The number of aromatic nitrogens is 3. The number of amides is 1. The minimum absolute atomic E-state index is 0.0535. The highest BCUT2D eigenvalue weighted by molar-refractivity contribution is 5.92. The van der Waals surface area contributed by atoms with Gasteiger partial charge in [-0.2, -0.15) is 5.26 Å². The van der Waals surface area contributed by atoms with Gasteiger partial charge in [0, 0.05) is 25.8 Å². The molecule has 1 spiro atoms. The molecule has 1 amide bonds. The zero-order valence-corrected chi connectivity index (χ0v) is 14.2. The van der Waals surface area contributed by atoms with E-state index in [1.807, 2.05) is 11.1 Å². The fourth-order valence-electron chi connectivity index (χ4n) is 4.14. The molecule has 2 saturated carbocycles. The predicted octanol–water partition coefficient (Wildman–Crippen LogP) is 1.75. The Morgan fingerprint density at radius 2 is 2.08 bits per heavy atom. The van der Waals surface area contributed by atoms with Gasteiger partial charge in [0.2, 0.25) is 5.91 Å². The molecule has 128 valence electrons. The maximum atomic E-state index is 12.9. The molecule has 0 atom stereocenters. The number of fused-ring (bicyclic) bond motifs is 1. The third kappa shape index (κ3) is 2.00. The van der Waals surface area contributed by atoms with Gasteiger partial charge in [-0.3, -0.25) is 4.79 Å². The van der Waals surface area contributed by atoms with Gasteiger partial charge in [0.05, 0.1) is 17.0 Å². The van der Waals surface area contributed by atoms with Gasteiger partial charge in [-0.15, -0.1) is 0 Å².